The number of aliphatic hydroxyl groups excluding tert-OH is 1. The summed E-state index contributed by atoms with van der Waals surface area (Å²) in [6.45, 7) is 7.26. The van der Waals surface area contributed by atoms with Crippen molar-refractivity contribution in [3.63, 3.8) is 0 Å². The zero-order valence-corrected chi connectivity index (χ0v) is 7.56. The first-order valence-corrected chi connectivity index (χ1v) is 4.32. The molecule has 0 aliphatic heterocycles. The van der Waals surface area contributed by atoms with Crippen molar-refractivity contribution in [1.82, 2.24) is 10.6 Å². The van der Waals surface area contributed by atoms with Crippen molar-refractivity contribution >= 4 is 0 Å². The predicted molar refractivity (Wildman–Crippen MR) is 47.7 cm³/mol. The lowest BCUT2D eigenvalue weighted by molar-refractivity contribution is 0.292. The lowest BCUT2D eigenvalue weighted by Gasteiger charge is -2.07. The summed E-state index contributed by atoms with van der Waals surface area (Å²) in [6.07, 6.45) is 1.12. The fourth-order valence-corrected chi connectivity index (χ4v) is 0.808. The van der Waals surface area contributed by atoms with Crippen LogP contribution in [0.2, 0.25) is 0 Å². The third-order valence-corrected chi connectivity index (χ3v) is 1.37. The van der Waals surface area contributed by atoms with Gasteiger partial charge in [0.15, 0.2) is 0 Å². The Balaban J connectivity index is 2.80. The molecule has 0 unspecified atom stereocenters. The number of aliphatic hydroxyl groups is 1. The highest BCUT2D eigenvalue weighted by atomic mass is 16.3. The Kier molecular flexibility index (Phi) is 7.89. The van der Waals surface area contributed by atoms with Gasteiger partial charge in [-0.1, -0.05) is 13.8 Å². The third-order valence-electron chi connectivity index (χ3n) is 1.37. The topological polar surface area (TPSA) is 44.3 Å². The van der Waals surface area contributed by atoms with Gasteiger partial charge in [-0.25, -0.2) is 0 Å². The van der Waals surface area contributed by atoms with Gasteiger partial charge in [0.05, 0.1) is 6.61 Å². The van der Waals surface area contributed by atoms with E-state index < -0.39 is 0 Å². The normalized spacial score (nSPS) is 10.9. The number of hydrogen-bond acceptors (Lipinski definition) is 3. The summed E-state index contributed by atoms with van der Waals surface area (Å²) >= 11 is 0. The number of hydrogen-bond donors (Lipinski definition) is 3. The molecule has 0 rings (SSSR count). The molecule has 11 heavy (non-hydrogen) atoms. The molecule has 3 heteroatoms. The van der Waals surface area contributed by atoms with E-state index in [1.807, 2.05) is 0 Å². The van der Waals surface area contributed by atoms with Gasteiger partial charge in [-0.2, -0.15) is 0 Å². The maximum Gasteiger partial charge on any atom is 0.0555 e. The molecule has 0 radical (unpaired) electrons. The zero-order chi connectivity index (χ0) is 8.53. The molecule has 0 heterocycles. The Hall–Kier alpha value is -0.120. The minimum atomic E-state index is 0.234. The average molecular weight is 160 g/mol. The van der Waals surface area contributed by atoms with Gasteiger partial charge in [0, 0.05) is 12.6 Å². The van der Waals surface area contributed by atoms with E-state index in [9.17, 15) is 0 Å². The molecule has 0 saturated carbocycles. The highest BCUT2D eigenvalue weighted by molar-refractivity contribution is 4.54. The molecule has 0 spiro atoms. The van der Waals surface area contributed by atoms with Crippen molar-refractivity contribution in [2.24, 2.45) is 0 Å². The van der Waals surface area contributed by atoms with Gasteiger partial charge in [-0.05, 0) is 19.5 Å². The van der Waals surface area contributed by atoms with E-state index in [1.165, 1.54) is 0 Å². The van der Waals surface area contributed by atoms with Crippen LogP contribution in [0.1, 0.15) is 20.3 Å². The third kappa shape index (κ3) is 9.88. The van der Waals surface area contributed by atoms with E-state index in [1.54, 1.807) is 0 Å². The molecular formula is C8H20N2O. The predicted octanol–water partition coefficient (Wildman–Crippen LogP) is -0.0436. The maximum absolute atomic E-state index is 8.43. The van der Waals surface area contributed by atoms with Crippen LogP contribution in [0.25, 0.3) is 0 Å². The van der Waals surface area contributed by atoms with Gasteiger partial charge in [0.2, 0.25) is 0 Å². The molecular weight excluding hydrogens is 140 g/mol. The summed E-state index contributed by atoms with van der Waals surface area (Å²) in [5.74, 6) is 0. The van der Waals surface area contributed by atoms with E-state index in [2.05, 4.69) is 24.5 Å². The van der Waals surface area contributed by atoms with E-state index in [0.717, 1.165) is 19.5 Å². The van der Waals surface area contributed by atoms with Gasteiger partial charge in [-0.3, -0.25) is 0 Å². The van der Waals surface area contributed by atoms with Crippen LogP contribution >= 0.6 is 0 Å². The van der Waals surface area contributed by atoms with Crippen LogP contribution in [-0.4, -0.2) is 37.4 Å². The van der Waals surface area contributed by atoms with Gasteiger partial charge < -0.3 is 15.7 Å². The number of rotatable bonds is 7. The Labute approximate surface area is 69.2 Å². The van der Waals surface area contributed by atoms with Crippen molar-refractivity contribution < 1.29 is 5.11 Å². The highest BCUT2D eigenvalue weighted by Crippen LogP contribution is 1.78. The summed E-state index contributed by atoms with van der Waals surface area (Å²) in [4.78, 5) is 0. The van der Waals surface area contributed by atoms with Crippen LogP contribution in [0, 0.1) is 0 Å². The van der Waals surface area contributed by atoms with Crippen molar-refractivity contribution in [3.8, 4) is 0 Å². The SMILES string of the molecule is CC(C)NCCCNCCO. The zero-order valence-electron chi connectivity index (χ0n) is 7.56. The Bertz CT molecular complexity index is 76.5. The molecule has 0 atom stereocenters. The molecule has 0 bridgehead atoms. The van der Waals surface area contributed by atoms with Crippen LogP contribution in [0.3, 0.4) is 0 Å². The summed E-state index contributed by atoms with van der Waals surface area (Å²) in [6, 6.07) is 0.577. The molecule has 0 aromatic carbocycles. The first-order valence-electron chi connectivity index (χ1n) is 4.32. The van der Waals surface area contributed by atoms with Crippen LogP contribution in [0.5, 0.6) is 0 Å². The maximum atomic E-state index is 8.43. The van der Waals surface area contributed by atoms with Crippen LogP contribution in [-0.2, 0) is 0 Å². The Morgan fingerprint density at radius 2 is 1.91 bits per heavy atom. The minimum absolute atomic E-state index is 0.234. The molecule has 0 saturated heterocycles. The van der Waals surface area contributed by atoms with E-state index in [4.69, 9.17) is 5.11 Å². The largest absolute Gasteiger partial charge is 0.395 e. The molecule has 0 aliphatic carbocycles. The second-order valence-electron chi connectivity index (χ2n) is 2.94. The summed E-state index contributed by atoms with van der Waals surface area (Å²) < 4.78 is 0. The monoisotopic (exact) mass is 160 g/mol. The Morgan fingerprint density at radius 3 is 2.45 bits per heavy atom. The van der Waals surface area contributed by atoms with Gasteiger partial charge >= 0.3 is 0 Å². The number of nitrogens with one attached hydrogen (secondary N) is 2. The van der Waals surface area contributed by atoms with Gasteiger partial charge in [-0.15, -0.1) is 0 Å². The van der Waals surface area contributed by atoms with Crippen LogP contribution in [0.4, 0.5) is 0 Å². The van der Waals surface area contributed by atoms with E-state index in [0.29, 0.717) is 12.6 Å². The fourth-order valence-electron chi connectivity index (χ4n) is 0.808. The lowest BCUT2D eigenvalue weighted by Crippen LogP contribution is -2.27. The summed E-state index contributed by atoms with van der Waals surface area (Å²) in [5, 5.41) is 14.9. The van der Waals surface area contributed by atoms with Crippen LogP contribution in [0.15, 0.2) is 0 Å². The van der Waals surface area contributed by atoms with Gasteiger partial charge in [0.1, 0.15) is 0 Å². The van der Waals surface area contributed by atoms with Crippen molar-refractivity contribution in [2.45, 2.75) is 26.3 Å². The molecule has 0 aromatic rings. The quantitative estimate of drug-likeness (QED) is 0.458. The van der Waals surface area contributed by atoms with E-state index >= 15 is 0 Å². The molecule has 0 aliphatic rings. The van der Waals surface area contributed by atoms with E-state index in [-0.39, 0.29) is 6.61 Å². The first kappa shape index (κ1) is 10.9. The van der Waals surface area contributed by atoms with Crippen LogP contribution < -0.4 is 10.6 Å². The Morgan fingerprint density at radius 1 is 1.18 bits per heavy atom. The molecule has 0 amide bonds. The minimum Gasteiger partial charge on any atom is -0.395 e. The molecule has 3 N–H and O–H groups in total. The van der Waals surface area contributed by atoms with Gasteiger partial charge in [0.25, 0.3) is 0 Å². The van der Waals surface area contributed by atoms with Crippen molar-refractivity contribution in [2.75, 3.05) is 26.2 Å². The smallest absolute Gasteiger partial charge is 0.0555 e. The molecule has 0 fully saturated rings. The second kappa shape index (κ2) is 7.98. The van der Waals surface area contributed by atoms with Crippen molar-refractivity contribution in [3.05, 3.63) is 0 Å². The average Bonchev–Trinajstić information content (AvgIpc) is 1.96. The summed E-state index contributed by atoms with van der Waals surface area (Å²) in [7, 11) is 0. The molecule has 68 valence electrons. The highest BCUT2D eigenvalue weighted by Gasteiger charge is 1.90. The van der Waals surface area contributed by atoms with Crippen molar-refractivity contribution in [1.29, 1.82) is 0 Å². The summed E-state index contributed by atoms with van der Waals surface area (Å²) in [5.41, 5.74) is 0. The first-order chi connectivity index (χ1) is 5.27. The molecule has 3 nitrogen and oxygen atoms in total. The standard InChI is InChI=1S/C8H20N2O/c1-8(2)10-5-3-4-9-6-7-11/h8-11H,3-7H2,1-2H3. The lowest BCUT2D eigenvalue weighted by atomic mass is 10.3. The second-order valence-corrected chi connectivity index (χ2v) is 2.94. The fraction of sp³-hybridized carbons (Fsp3) is 1.00. The molecule has 0 aromatic heterocycles.